The molecule has 6 heteroatoms. The zero-order chi connectivity index (χ0) is 12.4. The summed E-state index contributed by atoms with van der Waals surface area (Å²) in [6, 6.07) is 0.180. The van der Waals surface area contributed by atoms with Crippen molar-refractivity contribution >= 4 is 11.5 Å². The van der Waals surface area contributed by atoms with Gasteiger partial charge in [0.25, 0.3) is 0 Å². The van der Waals surface area contributed by atoms with E-state index in [4.69, 9.17) is 11.6 Å². The van der Waals surface area contributed by atoms with Crippen molar-refractivity contribution in [2.24, 2.45) is 17.7 Å². The molecule has 2 rings (SSSR count). The molecule has 2 unspecified atom stereocenters. The summed E-state index contributed by atoms with van der Waals surface area (Å²) < 4.78 is 0. The molecule has 5 N–H and O–H groups in total. The van der Waals surface area contributed by atoms with Gasteiger partial charge in [-0.2, -0.15) is 0 Å². The molecule has 1 saturated carbocycles. The maximum atomic E-state index is 9.25. The monoisotopic (exact) mass is 237 g/mol. The molecule has 1 aromatic heterocycles. The second-order valence-electron chi connectivity index (χ2n) is 4.75. The Balaban J connectivity index is 2.12. The second-order valence-corrected chi connectivity index (χ2v) is 4.75. The van der Waals surface area contributed by atoms with Crippen LogP contribution in [-0.2, 0) is 0 Å². The van der Waals surface area contributed by atoms with Gasteiger partial charge in [0.2, 0.25) is 0 Å². The number of hydrogen-bond acceptors (Lipinski definition) is 6. The van der Waals surface area contributed by atoms with E-state index in [1.165, 1.54) is 6.33 Å². The van der Waals surface area contributed by atoms with Gasteiger partial charge < -0.3 is 10.8 Å². The highest BCUT2D eigenvalue weighted by Crippen LogP contribution is 2.35. The summed E-state index contributed by atoms with van der Waals surface area (Å²) in [6.07, 6.45) is 4.81. The number of hydrazine groups is 1. The Morgan fingerprint density at radius 1 is 1.53 bits per heavy atom. The van der Waals surface area contributed by atoms with E-state index < -0.39 is 0 Å². The topological polar surface area (TPSA) is 101 Å². The van der Waals surface area contributed by atoms with Crippen LogP contribution in [-0.4, -0.2) is 27.7 Å². The number of nitrogens with two attached hydrogens (primary N) is 2. The SMILES string of the molecule is C[C@H]1CC(N(N)c2ncncc2N)CC1CO. The highest BCUT2D eigenvalue weighted by molar-refractivity contribution is 5.60. The fourth-order valence-corrected chi connectivity index (χ4v) is 2.50. The van der Waals surface area contributed by atoms with Gasteiger partial charge in [-0.25, -0.2) is 15.8 Å². The van der Waals surface area contributed by atoms with Crippen molar-refractivity contribution in [3.63, 3.8) is 0 Å². The molecule has 0 spiro atoms. The molecule has 0 bridgehead atoms. The number of nitrogen functional groups attached to an aromatic ring is 1. The standard InChI is InChI=1S/C11H19N5O/c1-7-2-9(3-8(7)5-17)16(13)11-10(12)4-14-6-15-11/h4,6-9,17H,2-3,5,12-13H2,1H3/t7-,8?,9?/m0/s1. The number of anilines is 2. The summed E-state index contributed by atoms with van der Waals surface area (Å²) in [4.78, 5) is 7.94. The number of aromatic nitrogens is 2. The summed E-state index contributed by atoms with van der Waals surface area (Å²) in [6.45, 7) is 2.35. The summed E-state index contributed by atoms with van der Waals surface area (Å²) in [7, 11) is 0. The lowest BCUT2D eigenvalue weighted by Gasteiger charge is -2.25. The smallest absolute Gasteiger partial charge is 0.169 e. The molecule has 1 heterocycles. The van der Waals surface area contributed by atoms with Crippen molar-refractivity contribution in [1.29, 1.82) is 0 Å². The van der Waals surface area contributed by atoms with E-state index >= 15 is 0 Å². The number of aliphatic hydroxyl groups is 1. The largest absolute Gasteiger partial charge is 0.396 e. The van der Waals surface area contributed by atoms with E-state index in [1.54, 1.807) is 11.2 Å². The van der Waals surface area contributed by atoms with Gasteiger partial charge in [0.05, 0.1) is 11.9 Å². The average Bonchev–Trinajstić information content (AvgIpc) is 2.70. The molecule has 17 heavy (non-hydrogen) atoms. The van der Waals surface area contributed by atoms with Crippen LogP contribution in [0.4, 0.5) is 11.5 Å². The van der Waals surface area contributed by atoms with Crippen LogP contribution in [0.5, 0.6) is 0 Å². The van der Waals surface area contributed by atoms with Gasteiger partial charge in [-0.1, -0.05) is 6.92 Å². The zero-order valence-corrected chi connectivity index (χ0v) is 9.95. The average molecular weight is 237 g/mol. The molecule has 0 radical (unpaired) electrons. The van der Waals surface area contributed by atoms with Crippen LogP contribution in [0.25, 0.3) is 0 Å². The van der Waals surface area contributed by atoms with E-state index in [9.17, 15) is 5.11 Å². The van der Waals surface area contributed by atoms with Gasteiger partial charge in [-0.05, 0) is 24.7 Å². The first kappa shape index (κ1) is 12.1. The fourth-order valence-electron chi connectivity index (χ4n) is 2.50. The lowest BCUT2D eigenvalue weighted by atomic mass is 10.00. The van der Waals surface area contributed by atoms with E-state index in [2.05, 4.69) is 16.9 Å². The van der Waals surface area contributed by atoms with Gasteiger partial charge >= 0.3 is 0 Å². The van der Waals surface area contributed by atoms with Gasteiger partial charge in [0.1, 0.15) is 6.33 Å². The third-order valence-electron chi connectivity index (χ3n) is 3.61. The van der Waals surface area contributed by atoms with Crippen LogP contribution in [0.3, 0.4) is 0 Å². The van der Waals surface area contributed by atoms with Gasteiger partial charge in [0, 0.05) is 12.6 Å². The van der Waals surface area contributed by atoms with E-state index in [1.807, 2.05) is 0 Å². The lowest BCUT2D eigenvalue weighted by molar-refractivity contribution is 0.201. The molecule has 1 fully saturated rings. The molecule has 6 nitrogen and oxygen atoms in total. The maximum Gasteiger partial charge on any atom is 0.169 e. The Hall–Kier alpha value is -1.40. The Labute approximate surface area is 101 Å². The van der Waals surface area contributed by atoms with Crippen LogP contribution in [0.1, 0.15) is 19.8 Å². The van der Waals surface area contributed by atoms with Crippen LogP contribution in [0, 0.1) is 11.8 Å². The van der Waals surface area contributed by atoms with E-state index in [-0.39, 0.29) is 12.6 Å². The van der Waals surface area contributed by atoms with Crippen LogP contribution >= 0.6 is 0 Å². The highest BCUT2D eigenvalue weighted by Gasteiger charge is 2.34. The third-order valence-corrected chi connectivity index (χ3v) is 3.61. The Morgan fingerprint density at radius 2 is 2.29 bits per heavy atom. The van der Waals surface area contributed by atoms with Crippen molar-refractivity contribution in [3.05, 3.63) is 12.5 Å². The molecule has 1 aliphatic rings. The summed E-state index contributed by atoms with van der Waals surface area (Å²) in [5, 5.41) is 10.9. The molecular formula is C11H19N5O. The Morgan fingerprint density at radius 3 is 2.88 bits per heavy atom. The number of nitrogens with zero attached hydrogens (tertiary/aromatic N) is 3. The van der Waals surface area contributed by atoms with E-state index in [0.29, 0.717) is 23.3 Å². The lowest BCUT2D eigenvalue weighted by Crippen LogP contribution is -2.41. The minimum absolute atomic E-state index is 0.180. The predicted octanol–water partition coefficient (Wildman–Crippen LogP) is 0.146. The molecule has 1 aromatic rings. The van der Waals surface area contributed by atoms with Crippen LogP contribution in [0.15, 0.2) is 12.5 Å². The highest BCUT2D eigenvalue weighted by atomic mass is 16.3. The number of hydrogen-bond donors (Lipinski definition) is 3. The van der Waals surface area contributed by atoms with Gasteiger partial charge in [-0.15, -0.1) is 0 Å². The molecule has 3 atom stereocenters. The predicted molar refractivity (Wildman–Crippen MR) is 65.9 cm³/mol. The zero-order valence-electron chi connectivity index (χ0n) is 9.95. The van der Waals surface area contributed by atoms with Crippen molar-refractivity contribution < 1.29 is 5.11 Å². The van der Waals surface area contributed by atoms with Gasteiger partial charge in [0.15, 0.2) is 5.82 Å². The number of aliphatic hydroxyl groups excluding tert-OH is 1. The van der Waals surface area contributed by atoms with Crippen molar-refractivity contribution in [2.75, 3.05) is 17.3 Å². The van der Waals surface area contributed by atoms with Gasteiger partial charge in [-0.3, -0.25) is 5.01 Å². The summed E-state index contributed by atoms with van der Waals surface area (Å²) >= 11 is 0. The molecule has 0 aliphatic heterocycles. The maximum absolute atomic E-state index is 9.25. The second kappa shape index (κ2) is 4.85. The molecule has 94 valence electrons. The van der Waals surface area contributed by atoms with Crippen molar-refractivity contribution in [1.82, 2.24) is 9.97 Å². The van der Waals surface area contributed by atoms with Crippen molar-refractivity contribution in [2.45, 2.75) is 25.8 Å². The van der Waals surface area contributed by atoms with E-state index in [0.717, 1.165) is 12.8 Å². The first-order valence-electron chi connectivity index (χ1n) is 5.83. The molecule has 0 amide bonds. The first-order valence-corrected chi connectivity index (χ1v) is 5.83. The molecule has 0 saturated heterocycles. The summed E-state index contributed by atoms with van der Waals surface area (Å²) in [5.74, 6) is 7.41. The minimum atomic E-state index is 0.180. The quantitative estimate of drug-likeness (QED) is 0.511. The van der Waals surface area contributed by atoms with Crippen LogP contribution < -0.4 is 16.6 Å². The fraction of sp³-hybridized carbons (Fsp3) is 0.636. The normalized spacial score (nSPS) is 28.3. The molecule has 0 aromatic carbocycles. The van der Waals surface area contributed by atoms with Crippen molar-refractivity contribution in [3.8, 4) is 0 Å². The Kier molecular flexibility index (Phi) is 3.44. The third kappa shape index (κ3) is 2.32. The Bertz CT molecular complexity index is 386. The summed E-state index contributed by atoms with van der Waals surface area (Å²) in [5.41, 5.74) is 6.28. The molecule has 1 aliphatic carbocycles. The molecular weight excluding hydrogens is 218 g/mol. The minimum Gasteiger partial charge on any atom is -0.396 e. The first-order chi connectivity index (χ1) is 8.13. The van der Waals surface area contributed by atoms with Crippen LogP contribution in [0.2, 0.25) is 0 Å². The number of rotatable bonds is 3.